The maximum Gasteiger partial charge on any atom is 0.332 e. The third kappa shape index (κ3) is 3.94. The van der Waals surface area contributed by atoms with E-state index in [0.29, 0.717) is 5.75 Å². The summed E-state index contributed by atoms with van der Waals surface area (Å²) in [4.78, 5) is 15.0. The summed E-state index contributed by atoms with van der Waals surface area (Å²) in [5, 5.41) is 18.8. The van der Waals surface area contributed by atoms with Crippen LogP contribution in [-0.2, 0) is 10.5 Å². The van der Waals surface area contributed by atoms with Gasteiger partial charge in [0.2, 0.25) is 0 Å². The molecule has 0 saturated carbocycles. The molecule has 2 aromatic rings. The van der Waals surface area contributed by atoms with Gasteiger partial charge in [0.25, 0.3) is 0 Å². The van der Waals surface area contributed by atoms with Gasteiger partial charge in [0.15, 0.2) is 6.10 Å². The number of carboxylic acid groups (broad SMARTS) is 1. The molecule has 1 heterocycles. The van der Waals surface area contributed by atoms with Crippen LogP contribution in [0.1, 0.15) is 12.1 Å². The predicted octanol–water partition coefficient (Wildman–Crippen LogP) is 2.30. The second-order valence-corrected chi connectivity index (χ2v) is 5.30. The molecule has 0 radical (unpaired) electrons. The number of hydrogen-bond acceptors (Lipinski definition) is 4. The summed E-state index contributed by atoms with van der Waals surface area (Å²) in [7, 11) is 0. The van der Waals surface area contributed by atoms with Crippen LogP contribution in [0.15, 0.2) is 36.4 Å². The second-order valence-electron chi connectivity index (χ2n) is 4.19. The number of aromatic nitrogens is 1. The summed E-state index contributed by atoms with van der Waals surface area (Å²) >= 11 is 1.57. The number of para-hydroxylation sites is 1. The maximum atomic E-state index is 10.4. The molecule has 1 unspecified atom stereocenters. The summed E-state index contributed by atoms with van der Waals surface area (Å²) in [6.45, 7) is 0. The van der Waals surface area contributed by atoms with Crippen LogP contribution < -0.4 is 0 Å². The molecule has 0 aliphatic carbocycles. The molecule has 0 bridgehead atoms. The van der Waals surface area contributed by atoms with E-state index in [1.165, 1.54) is 0 Å². The minimum atomic E-state index is -1.27. The summed E-state index contributed by atoms with van der Waals surface area (Å²) in [5.74, 6) is 0.156. The van der Waals surface area contributed by atoms with Crippen molar-refractivity contribution in [1.29, 1.82) is 0 Å². The summed E-state index contributed by atoms with van der Waals surface area (Å²) < 4.78 is 0. The van der Waals surface area contributed by atoms with Crippen LogP contribution in [0.2, 0.25) is 0 Å². The fourth-order valence-electron chi connectivity index (χ4n) is 1.68. The van der Waals surface area contributed by atoms with Gasteiger partial charge in [0, 0.05) is 11.1 Å². The molecule has 0 aliphatic rings. The molecular formula is C14H15NO3S. The fraction of sp³-hybridized carbons (Fsp3) is 0.286. The SMILES string of the molecule is O=C(O)C(O)CCSCc1ccc2ccccc2n1. The minimum absolute atomic E-state index is 0.258. The Morgan fingerprint density at radius 3 is 2.84 bits per heavy atom. The van der Waals surface area contributed by atoms with Crippen molar-refractivity contribution in [2.75, 3.05) is 5.75 Å². The van der Waals surface area contributed by atoms with E-state index >= 15 is 0 Å². The van der Waals surface area contributed by atoms with Gasteiger partial charge in [-0.1, -0.05) is 24.3 Å². The standard InChI is InChI=1S/C14H15NO3S/c16-13(14(17)18)7-8-19-9-11-6-5-10-3-1-2-4-12(10)15-11/h1-6,13,16H,7-9H2,(H,17,18). The van der Waals surface area contributed by atoms with E-state index in [0.717, 1.165) is 22.3 Å². The Bertz CT molecular complexity index is 573. The van der Waals surface area contributed by atoms with Crippen molar-refractivity contribution in [2.45, 2.75) is 18.3 Å². The zero-order valence-electron chi connectivity index (χ0n) is 10.3. The number of thioether (sulfide) groups is 1. The van der Waals surface area contributed by atoms with Gasteiger partial charge in [0.1, 0.15) is 0 Å². The van der Waals surface area contributed by atoms with Crippen molar-refractivity contribution in [3.05, 3.63) is 42.1 Å². The molecule has 4 nitrogen and oxygen atoms in total. The van der Waals surface area contributed by atoms with Crippen LogP contribution in [0.5, 0.6) is 0 Å². The van der Waals surface area contributed by atoms with Gasteiger partial charge < -0.3 is 10.2 Å². The Balaban J connectivity index is 1.86. The molecule has 5 heteroatoms. The molecule has 2 rings (SSSR count). The average molecular weight is 277 g/mol. The van der Waals surface area contributed by atoms with E-state index < -0.39 is 12.1 Å². The number of aliphatic hydroxyl groups is 1. The highest BCUT2D eigenvalue weighted by molar-refractivity contribution is 7.98. The van der Waals surface area contributed by atoms with Crippen LogP contribution in [-0.4, -0.2) is 33.0 Å². The molecule has 0 spiro atoms. The summed E-state index contributed by atoms with van der Waals surface area (Å²) in [6, 6.07) is 11.9. The Morgan fingerprint density at radius 2 is 2.05 bits per heavy atom. The first-order valence-electron chi connectivity index (χ1n) is 6.00. The highest BCUT2D eigenvalue weighted by atomic mass is 32.2. The highest BCUT2D eigenvalue weighted by Gasteiger charge is 2.12. The average Bonchev–Trinajstić information content (AvgIpc) is 2.43. The number of pyridine rings is 1. The molecule has 0 amide bonds. The molecule has 0 aliphatic heterocycles. The van der Waals surface area contributed by atoms with Crippen LogP contribution in [0.4, 0.5) is 0 Å². The Hall–Kier alpha value is -1.59. The summed E-state index contributed by atoms with van der Waals surface area (Å²) in [5.41, 5.74) is 1.93. The van der Waals surface area contributed by atoms with Gasteiger partial charge >= 0.3 is 5.97 Å². The number of carbonyl (C=O) groups is 1. The zero-order valence-corrected chi connectivity index (χ0v) is 11.1. The predicted molar refractivity (Wildman–Crippen MR) is 76.2 cm³/mol. The topological polar surface area (TPSA) is 70.4 Å². The Kier molecular flexibility index (Phi) is 4.76. The normalized spacial score (nSPS) is 12.5. The zero-order chi connectivity index (χ0) is 13.7. The molecule has 19 heavy (non-hydrogen) atoms. The molecule has 100 valence electrons. The van der Waals surface area contributed by atoms with E-state index in [4.69, 9.17) is 10.2 Å². The lowest BCUT2D eigenvalue weighted by molar-refractivity contribution is -0.146. The number of fused-ring (bicyclic) bond motifs is 1. The van der Waals surface area contributed by atoms with Crippen molar-refractivity contribution in [1.82, 2.24) is 4.98 Å². The number of benzene rings is 1. The number of aliphatic hydroxyl groups excluding tert-OH is 1. The third-order valence-corrected chi connectivity index (χ3v) is 3.75. The van der Waals surface area contributed by atoms with Crippen molar-refractivity contribution in [3.63, 3.8) is 0 Å². The molecule has 2 N–H and O–H groups in total. The van der Waals surface area contributed by atoms with Gasteiger partial charge in [-0.05, 0) is 24.3 Å². The van der Waals surface area contributed by atoms with Crippen LogP contribution in [0.25, 0.3) is 10.9 Å². The van der Waals surface area contributed by atoms with Gasteiger partial charge in [-0.3, -0.25) is 4.98 Å². The van der Waals surface area contributed by atoms with Gasteiger partial charge in [0.05, 0.1) is 11.2 Å². The van der Waals surface area contributed by atoms with E-state index in [1.807, 2.05) is 36.4 Å². The maximum absolute atomic E-state index is 10.4. The number of carboxylic acids is 1. The molecule has 0 saturated heterocycles. The number of hydrogen-bond donors (Lipinski definition) is 2. The first-order valence-corrected chi connectivity index (χ1v) is 7.15. The van der Waals surface area contributed by atoms with Crippen LogP contribution in [0.3, 0.4) is 0 Å². The van der Waals surface area contributed by atoms with E-state index in [-0.39, 0.29) is 6.42 Å². The van der Waals surface area contributed by atoms with Crippen LogP contribution in [0, 0.1) is 0 Å². The quantitative estimate of drug-likeness (QED) is 0.793. The lowest BCUT2D eigenvalue weighted by Gasteiger charge is -2.05. The van der Waals surface area contributed by atoms with Crippen molar-refractivity contribution in [2.24, 2.45) is 0 Å². The van der Waals surface area contributed by atoms with Gasteiger partial charge in [-0.2, -0.15) is 11.8 Å². The molecular weight excluding hydrogens is 262 g/mol. The lowest BCUT2D eigenvalue weighted by Crippen LogP contribution is -2.19. The van der Waals surface area contributed by atoms with Crippen molar-refractivity contribution in [3.8, 4) is 0 Å². The monoisotopic (exact) mass is 277 g/mol. The smallest absolute Gasteiger partial charge is 0.332 e. The van der Waals surface area contributed by atoms with E-state index in [9.17, 15) is 4.79 Å². The van der Waals surface area contributed by atoms with E-state index in [2.05, 4.69) is 4.98 Å². The highest BCUT2D eigenvalue weighted by Crippen LogP contribution is 2.16. The number of aliphatic carboxylic acids is 1. The minimum Gasteiger partial charge on any atom is -0.479 e. The molecule has 1 aromatic carbocycles. The van der Waals surface area contributed by atoms with Crippen molar-refractivity contribution < 1.29 is 15.0 Å². The van der Waals surface area contributed by atoms with Crippen molar-refractivity contribution >= 4 is 28.6 Å². The number of rotatable bonds is 6. The molecule has 1 atom stereocenters. The first kappa shape index (κ1) is 13.8. The molecule has 0 fully saturated rings. The number of nitrogens with zero attached hydrogens (tertiary/aromatic N) is 1. The first-order chi connectivity index (χ1) is 9.16. The second kappa shape index (κ2) is 6.54. The van der Waals surface area contributed by atoms with E-state index in [1.54, 1.807) is 11.8 Å². The van der Waals surface area contributed by atoms with Crippen LogP contribution >= 0.6 is 11.8 Å². The summed E-state index contributed by atoms with van der Waals surface area (Å²) in [6.07, 6.45) is -1.01. The molecule has 1 aromatic heterocycles. The fourth-order valence-corrected chi connectivity index (χ4v) is 2.59. The largest absolute Gasteiger partial charge is 0.479 e. The van der Waals surface area contributed by atoms with Gasteiger partial charge in [-0.25, -0.2) is 4.79 Å². The third-order valence-electron chi connectivity index (χ3n) is 2.73. The Labute approximate surface area is 115 Å². The van der Waals surface area contributed by atoms with Gasteiger partial charge in [-0.15, -0.1) is 0 Å². The Morgan fingerprint density at radius 1 is 1.26 bits per heavy atom. The lowest BCUT2D eigenvalue weighted by atomic mass is 10.2.